The monoisotopic (exact) mass is 247 g/mol. The van der Waals surface area contributed by atoms with Gasteiger partial charge in [0.25, 0.3) is 0 Å². The SMILES string of the molecule is CSc1cccc(-n2nc(C)cc2C)c1CN. The molecule has 0 saturated heterocycles. The summed E-state index contributed by atoms with van der Waals surface area (Å²) in [5.74, 6) is 0. The van der Waals surface area contributed by atoms with Crippen LogP contribution in [0.1, 0.15) is 17.0 Å². The molecule has 0 amide bonds. The Morgan fingerprint density at radius 1 is 1.35 bits per heavy atom. The van der Waals surface area contributed by atoms with Gasteiger partial charge in [-0.05, 0) is 38.3 Å². The van der Waals surface area contributed by atoms with Crippen LogP contribution >= 0.6 is 11.8 Å². The van der Waals surface area contributed by atoms with Gasteiger partial charge in [-0.2, -0.15) is 5.10 Å². The number of aryl methyl sites for hydroxylation is 2. The first-order valence-corrected chi connectivity index (χ1v) is 6.79. The molecular formula is C13H17N3S. The Balaban J connectivity index is 2.62. The lowest BCUT2D eigenvalue weighted by Crippen LogP contribution is -2.08. The maximum absolute atomic E-state index is 5.87. The molecule has 4 heteroatoms. The van der Waals surface area contributed by atoms with E-state index in [1.54, 1.807) is 11.8 Å². The minimum atomic E-state index is 0.532. The van der Waals surface area contributed by atoms with Crippen LogP contribution in [-0.2, 0) is 6.54 Å². The van der Waals surface area contributed by atoms with Crippen molar-refractivity contribution in [3.63, 3.8) is 0 Å². The molecule has 2 N–H and O–H groups in total. The van der Waals surface area contributed by atoms with Gasteiger partial charge in [0.1, 0.15) is 0 Å². The fourth-order valence-electron chi connectivity index (χ4n) is 2.02. The first kappa shape index (κ1) is 12.2. The second kappa shape index (κ2) is 4.94. The molecule has 1 heterocycles. The van der Waals surface area contributed by atoms with E-state index in [1.165, 1.54) is 4.90 Å². The predicted molar refractivity (Wildman–Crippen MR) is 72.7 cm³/mol. The molecule has 0 radical (unpaired) electrons. The second-order valence-corrected chi connectivity index (χ2v) is 4.85. The van der Waals surface area contributed by atoms with E-state index in [0.717, 1.165) is 22.6 Å². The van der Waals surface area contributed by atoms with Crippen molar-refractivity contribution in [3.8, 4) is 5.69 Å². The molecule has 90 valence electrons. The van der Waals surface area contributed by atoms with E-state index in [9.17, 15) is 0 Å². The Bertz CT molecular complexity index is 531. The van der Waals surface area contributed by atoms with Gasteiger partial charge in [-0.15, -0.1) is 11.8 Å². The molecule has 0 aliphatic heterocycles. The van der Waals surface area contributed by atoms with Crippen molar-refractivity contribution >= 4 is 11.8 Å². The van der Waals surface area contributed by atoms with Crippen LogP contribution in [0.2, 0.25) is 0 Å². The van der Waals surface area contributed by atoms with Crippen LogP contribution in [0.15, 0.2) is 29.2 Å². The summed E-state index contributed by atoms with van der Waals surface area (Å²) in [6.45, 7) is 4.60. The van der Waals surface area contributed by atoms with Gasteiger partial charge in [-0.25, -0.2) is 4.68 Å². The van der Waals surface area contributed by atoms with E-state index in [4.69, 9.17) is 5.73 Å². The molecule has 1 aromatic carbocycles. The van der Waals surface area contributed by atoms with E-state index in [0.29, 0.717) is 6.54 Å². The van der Waals surface area contributed by atoms with Crippen molar-refractivity contribution < 1.29 is 0 Å². The third-order valence-electron chi connectivity index (χ3n) is 2.77. The largest absolute Gasteiger partial charge is 0.326 e. The highest BCUT2D eigenvalue weighted by molar-refractivity contribution is 7.98. The van der Waals surface area contributed by atoms with Crippen molar-refractivity contribution in [2.75, 3.05) is 6.26 Å². The Morgan fingerprint density at radius 3 is 2.65 bits per heavy atom. The van der Waals surface area contributed by atoms with Gasteiger partial charge in [0.15, 0.2) is 0 Å². The van der Waals surface area contributed by atoms with Crippen molar-refractivity contribution in [3.05, 3.63) is 41.2 Å². The number of hydrogen-bond acceptors (Lipinski definition) is 3. The Labute approximate surface area is 106 Å². The van der Waals surface area contributed by atoms with Crippen LogP contribution in [0.25, 0.3) is 5.69 Å². The summed E-state index contributed by atoms with van der Waals surface area (Å²) >= 11 is 1.72. The van der Waals surface area contributed by atoms with Gasteiger partial charge < -0.3 is 5.73 Å². The zero-order chi connectivity index (χ0) is 12.4. The average molecular weight is 247 g/mol. The van der Waals surface area contributed by atoms with Crippen molar-refractivity contribution in [1.29, 1.82) is 0 Å². The summed E-state index contributed by atoms with van der Waals surface area (Å²) in [6.07, 6.45) is 2.07. The van der Waals surface area contributed by atoms with Crippen molar-refractivity contribution in [1.82, 2.24) is 9.78 Å². The number of hydrogen-bond donors (Lipinski definition) is 1. The lowest BCUT2D eigenvalue weighted by atomic mass is 10.1. The first-order chi connectivity index (χ1) is 8.17. The van der Waals surface area contributed by atoms with E-state index >= 15 is 0 Å². The van der Waals surface area contributed by atoms with Crippen LogP contribution in [0.4, 0.5) is 0 Å². The molecule has 0 atom stereocenters. The molecule has 1 aromatic heterocycles. The van der Waals surface area contributed by atoms with Gasteiger partial charge in [0.05, 0.1) is 11.4 Å². The van der Waals surface area contributed by atoms with E-state index in [2.05, 4.69) is 42.5 Å². The average Bonchev–Trinajstić information content (AvgIpc) is 2.67. The number of aromatic nitrogens is 2. The molecule has 2 rings (SSSR count). The van der Waals surface area contributed by atoms with Gasteiger partial charge >= 0.3 is 0 Å². The van der Waals surface area contributed by atoms with Crippen LogP contribution in [0, 0.1) is 13.8 Å². The van der Waals surface area contributed by atoms with Crippen LogP contribution in [0.3, 0.4) is 0 Å². The number of nitrogens with two attached hydrogens (primary N) is 1. The van der Waals surface area contributed by atoms with Gasteiger partial charge in [0.2, 0.25) is 0 Å². The van der Waals surface area contributed by atoms with Gasteiger partial charge in [-0.1, -0.05) is 6.07 Å². The molecule has 0 aliphatic rings. The standard InChI is InChI=1S/C13H17N3S/c1-9-7-10(2)16(15-9)12-5-4-6-13(17-3)11(12)8-14/h4-7H,8,14H2,1-3H3. The molecule has 2 aromatic rings. The topological polar surface area (TPSA) is 43.8 Å². The quantitative estimate of drug-likeness (QED) is 0.848. The maximum atomic E-state index is 5.87. The number of rotatable bonds is 3. The zero-order valence-corrected chi connectivity index (χ0v) is 11.2. The highest BCUT2D eigenvalue weighted by atomic mass is 32.2. The molecule has 0 bridgehead atoms. The third-order valence-corrected chi connectivity index (χ3v) is 3.59. The zero-order valence-electron chi connectivity index (χ0n) is 10.4. The molecular weight excluding hydrogens is 230 g/mol. The highest BCUT2D eigenvalue weighted by Crippen LogP contribution is 2.26. The van der Waals surface area contributed by atoms with Gasteiger partial charge in [-0.3, -0.25) is 0 Å². The minimum Gasteiger partial charge on any atom is -0.326 e. The molecule has 0 saturated carbocycles. The second-order valence-electron chi connectivity index (χ2n) is 4.00. The highest BCUT2D eigenvalue weighted by Gasteiger charge is 2.10. The summed E-state index contributed by atoms with van der Waals surface area (Å²) in [4.78, 5) is 1.22. The molecule has 0 unspecified atom stereocenters. The summed E-state index contributed by atoms with van der Waals surface area (Å²) in [5.41, 5.74) is 10.3. The van der Waals surface area contributed by atoms with Crippen LogP contribution < -0.4 is 5.73 Å². The maximum Gasteiger partial charge on any atom is 0.0704 e. The molecule has 0 fully saturated rings. The van der Waals surface area contributed by atoms with Crippen molar-refractivity contribution in [2.24, 2.45) is 5.73 Å². The van der Waals surface area contributed by atoms with E-state index in [-0.39, 0.29) is 0 Å². The molecule has 3 nitrogen and oxygen atoms in total. The summed E-state index contributed by atoms with van der Waals surface area (Å²) < 4.78 is 1.97. The minimum absolute atomic E-state index is 0.532. The Kier molecular flexibility index (Phi) is 3.54. The number of benzene rings is 1. The summed E-state index contributed by atoms with van der Waals surface area (Å²) in [6, 6.07) is 8.30. The first-order valence-electron chi connectivity index (χ1n) is 5.57. The number of nitrogens with zero attached hydrogens (tertiary/aromatic N) is 2. The van der Waals surface area contributed by atoms with Crippen molar-refractivity contribution in [2.45, 2.75) is 25.3 Å². The Morgan fingerprint density at radius 2 is 2.12 bits per heavy atom. The predicted octanol–water partition coefficient (Wildman–Crippen LogP) is 2.67. The Hall–Kier alpha value is -1.26. The molecule has 0 aliphatic carbocycles. The van der Waals surface area contributed by atoms with Crippen LogP contribution in [0.5, 0.6) is 0 Å². The normalized spacial score (nSPS) is 10.8. The smallest absolute Gasteiger partial charge is 0.0704 e. The fourth-order valence-corrected chi connectivity index (χ4v) is 2.67. The summed E-state index contributed by atoms with van der Waals surface area (Å²) in [5, 5.41) is 4.52. The summed E-state index contributed by atoms with van der Waals surface area (Å²) in [7, 11) is 0. The van der Waals surface area contributed by atoms with E-state index in [1.807, 2.05) is 11.6 Å². The molecule has 17 heavy (non-hydrogen) atoms. The number of thioether (sulfide) groups is 1. The molecule has 0 spiro atoms. The van der Waals surface area contributed by atoms with Crippen LogP contribution in [-0.4, -0.2) is 16.0 Å². The lowest BCUT2D eigenvalue weighted by Gasteiger charge is -2.13. The lowest BCUT2D eigenvalue weighted by molar-refractivity contribution is 0.811. The third kappa shape index (κ3) is 2.23. The van der Waals surface area contributed by atoms with E-state index < -0.39 is 0 Å². The van der Waals surface area contributed by atoms with Gasteiger partial charge in [0, 0.05) is 22.7 Å². The fraction of sp³-hybridized carbons (Fsp3) is 0.308.